The fraction of sp³-hybridized carbons (Fsp3) is 0.455. The van der Waals surface area contributed by atoms with Crippen LogP contribution in [-0.4, -0.2) is 112 Å². The van der Waals surface area contributed by atoms with Crippen LogP contribution in [0.1, 0.15) is 77.1 Å². The van der Waals surface area contributed by atoms with Gasteiger partial charge in [-0.1, -0.05) is 33.8 Å². The van der Waals surface area contributed by atoms with Gasteiger partial charge in [0.2, 0.25) is 11.8 Å². The van der Waals surface area contributed by atoms with Crippen LogP contribution in [0.15, 0.2) is 48.8 Å². The molecule has 18 heteroatoms. The fourth-order valence-electron chi connectivity index (χ4n) is 8.86. The maximum Gasteiger partial charge on any atom is 0.407 e. The Kier molecular flexibility index (Phi) is 11.5. The van der Waals surface area contributed by atoms with E-state index in [9.17, 15) is 19.2 Å². The van der Waals surface area contributed by atoms with Crippen molar-refractivity contribution in [3.05, 3.63) is 60.4 Å². The Hall–Kier alpha value is -6.72. The molecule has 0 spiro atoms. The van der Waals surface area contributed by atoms with Crippen molar-refractivity contribution in [3.8, 4) is 34.2 Å². The molecule has 326 valence electrons. The number of rotatable bonds is 11. The molecule has 6 heterocycles. The summed E-state index contributed by atoms with van der Waals surface area (Å²) < 4.78 is 13.6. The molecule has 4 N–H and O–H groups in total. The van der Waals surface area contributed by atoms with Crippen LogP contribution in [0.25, 0.3) is 56.2 Å². The molecule has 18 nitrogen and oxygen atoms in total. The van der Waals surface area contributed by atoms with Crippen LogP contribution in [0.3, 0.4) is 0 Å². The van der Waals surface area contributed by atoms with E-state index in [1.165, 1.54) is 14.2 Å². The number of carbonyl (C=O) groups is 4. The number of alkyl carbamates (subject to hydrolysis) is 2. The number of H-pyrrole nitrogens is 2. The summed E-state index contributed by atoms with van der Waals surface area (Å²) in [6.45, 7) is 8.74. The number of imidazole rings is 4. The second-order valence-electron chi connectivity index (χ2n) is 16.9. The van der Waals surface area contributed by atoms with Crippen LogP contribution >= 0.6 is 0 Å². The number of aromatic amines is 2. The van der Waals surface area contributed by atoms with Crippen molar-refractivity contribution < 1.29 is 28.7 Å². The summed E-state index contributed by atoms with van der Waals surface area (Å²) >= 11 is 0. The zero-order valence-electron chi connectivity index (χ0n) is 36.4. The van der Waals surface area contributed by atoms with Gasteiger partial charge in [-0.2, -0.15) is 0 Å². The Morgan fingerprint density at radius 2 is 1.11 bits per heavy atom. The first-order chi connectivity index (χ1) is 29.8. The number of aromatic nitrogens is 8. The average molecular weight is 847 g/mol. The highest BCUT2D eigenvalue weighted by molar-refractivity contribution is 5.88. The summed E-state index contributed by atoms with van der Waals surface area (Å²) in [6, 6.07) is 10.1. The SMILES string of the molecule is COC(=O)NC(C(=O)N1CCC[C@H]1c1nc2ccc(-c3cnc(-c4cnc(-c5ccc6nc([C@@H]7CCCN7C(=O)[C@@H](NC(=O)OC)C(C)C)[nH]c6c5)n4C)n3C)cc2[nH]1)C(C)C. The molecule has 4 aromatic heterocycles. The predicted octanol–water partition coefficient (Wildman–Crippen LogP) is 6.00. The van der Waals surface area contributed by atoms with Gasteiger partial charge in [-0.3, -0.25) is 9.59 Å². The third-order valence-corrected chi connectivity index (χ3v) is 12.2. The highest BCUT2D eigenvalue weighted by Crippen LogP contribution is 2.36. The lowest BCUT2D eigenvalue weighted by Crippen LogP contribution is -2.51. The minimum Gasteiger partial charge on any atom is -0.453 e. The molecule has 0 bridgehead atoms. The summed E-state index contributed by atoms with van der Waals surface area (Å²) in [5.41, 5.74) is 6.81. The van der Waals surface area contributed by atoms with Gasteiger partial charge in [0.15, 0.2) is 5.82 Å². The molecule has 4 amide bonds. The van der Waals surface area contributed by atoms with Gasteiger partial charge in [0, 0.05) is 38.3 Å². The third-order valence-electron chi connectivity index (χ3n) is 12.2. The van der Waals surface area contributed by atoms with Gasteiger partial charge in [-0.25, -0.2) is 29.5 Å². The van der Waals surface area contributed by atoms with Crippen molar-refractivity contribution >= 4 is 46.1 Å². The number of amides is 4. The van der Waals surface area contributed by atoms with Crippen LogP contribution in [0, 0.1) is 11.8 Å². The Morgan fingerprint density at radius 3 is 1.61 bits per heavy atom. The molecule has 2 aromatic carbocycles. The van der Waals surface area contributed by atoms with E-state index in [1.54, 1.807) is 4.90 Å². The first kappa shape index (κ1) is 42.0. The van der Waals surface area contributed by atoms with Gasteiger partial charge < -0.3 is 49.0 Å². The van der Waals surface area contributed by atoms with E-state index in [0.717, 1.165) is 81.9 Å². The monoisotopic (exact) mass is 846 g/mol. The second-order valence-corrected chi connectivity index (χ2v) is 16.9. The average Bonchev–Trinajstić information content (AvgIpc) is 4.12. The Bertz CT molecular complexity index is 2480. The molecule has 2 aliphatic rings. The molecule has 8 rings (SSSR count). The van der Waals surface area contributed by atoms with E-state index in [4.69, 9.17) is 29.4 Å². The fourth-order valence-corrected chi connectivity index (χ4v) is 8.86. The highest BCUT2D eigenvalue weighted by Gasteiger charge is 2.39. The van der Waals surface area contributed by atoms with E-state index in [0.29, 0.717) is 24.7 Å². The number of carbonyl (C=O) groups excluding carboxylic acids is 4. The Labute approximate surface area is 358 Å². The van der Waals surface area contributed by atoms with Crippen molar-refractivity contribution in [2.24, 2.45) is 25.9 Å². The molecule has 2 aliphatic heterocycles. The molecule has 0 radical (unpaired) electrons. The number of fused-ring (bicyclic) bond motifs is 2. The lowest BCUT2D eigenvalue weighted by molar-refractivity contribution is -0.136. The zero-order chi connectivity index (χ0) is 44.0. The topological polar surface area (TPSA) is 210 Å². The largest absolute Gasteiger partial charge is 0.453 e. The molecule has 2 fully saturated rings. The minimum absolute atomic E-state index is 0.124. The zero-order valence-corrected chi connectivity index (χ0v) is 36.4. The molecule has 4 atom stereocenters. The van der Waals surface area contributed by atoms with Gasteiger partial charge >= 0.3 is 12.2 Å². The predicted molar refractivity (Wildman–Crippen MR) is 231 cm³/mol. The van der Waals surface area contributed by atoms with E-state index >= 15 is 0 Å². The third kappa shape index (κ3) is 7.73. The standard InChI is InChI=1S/C44H54N12O6/c1-23(2)35(51-43(59)61-7)41(57)55-17-9-11-31(55)37-47-27-15-13-25(19-29(27)49-37)33-21-46-40(53(33)5)34-22-45-39(54(34)6)26-14-16-28-30(20-26)50-38(48-28)32-12-10-18-56(32)42(58)36(24(3)4)52-44(60)62-8/h13-16,19-24,31-32,35-36H,9-12,17-18H2,1-8H3,(H,47,49)(H,48,50)(H,51,59)(H,52,60)/t31-,32-,35?,36-/m0/s1. The molecule has 6 aromatic rings. The van der Waals surface area contributed by atoms with Gasteiger partial charge in [0.05, 0.1) is 66.5 Å². The first-order valence-electron chi connectivity index (χ1n) is 21.1. The number of benzene rings is 2. The number of nitrogens with one attached hydrogen (secondary N) is 4. The van der Waals surface area contributed by atoms with Crippen molar-refractivity contribution in [2.75, 3.05) is 27.3 Å². The lowest BCUT2D eigenvalue weighted by atomic mass is 10.0. The first-order valence-corrected chi connectivity index (χ1v) is 21.1. The number of ether oxygens (including phenoxy) is 2. The van der Waals surface area contributed by atoms with Gasteiger partial charge in [-0.05, 0) is 67.9 Å². The number of nitrogens with zero attached hydrogens (tertiary/aromatic N) is 8. The minimum atomic E-state index is -0.712. The number of hydrogen-bond acceptors (Lipinski definition) is 10. The quantitative estimate of drug-likeness (QED) is 0.120. The van der Waals surface area contributed by atoms with Crippen LogP contribution in [0.2, 0.25) is 0 Å². The Morgan fingerprint density at radius 1 is 0.661 bits per heavy atom. The molecule has 1 unspecified atom stereocenters. The van der Waals surface area contributed by atoms with Gasteiger partial charge in [-0.15, -0.1) is 0 Å². The normalized spacial score (nSPS) is 17.6. The lowest BCUT2D eigenvalue weighted by Gasteiger charge is -2.29. The number of methoxy groups -OCH3 is 2. The molecule has 0 saturated carbocycles. The van der Waals surface area contributed by atoms with Crippen LogP contribution in [0.4, 0.5) is 9.59 Å². The van der Waals surface area contributed by atoms with Gasteiger partial charge in [0.1, 0.15) is 35.3 Å². The summed E-state index contributed by atoms with van der Waals surface area (Å²) in [4.78, 5) is 81.5. The van der Waals surface area contributed by atoms with E-state index in [-0.39, 0.29) is 35.7 Å². The van der Waals surface area contributed by atoms with Crippen LogP contribution in [0.5, 0.6) is 0 Å². The van der Waals surface area contributed by atoms with E-state index < -0.39 is 24.3 Å². The van der Waals surface area contributed by atoms with Crippen molar-refractivity contribution in [2.45, 2.75) is 77.5 Å². The smallest absolute Gasteiger partial charge is 0.407 e. The summed E-state index contributed by atoms with van der Waals surface area (Å²) in [7, 11) is 6.52. The summed E-state index contributed by atoms with van der Waals surface area (Å²) in [6.07, 6.45) is 5.57. The van der Waals surface area contributed by atoms with Crippen LogP contribution < -0.4 is 10.6 Å². The second kappa shape index (κ2) is 17.0. The Balaban J connectivity index is 1.01. The maximum absolute atomic E-state index is 13.7. The molecule has 0 aliphatic carbocycles. The maximum atomic E-state index is 13.7. The number of likely N-dealkylation sites (tertiary alicyclic amines) is 2. The van der Waals surface area contributed by atoms with E-state index in [2.05, 4.69) is 26.7 Å². The molecular formula is C44H54N12O6. The van der Waals surface area contributed by atoms with Crippen molar-refractivity contribution in [1.29, 1.82) is 0 Å². The summed E-state index contributed by atoms with van der Waals surface area (Å²) in [5.74, 6) is 2.35. The highest BCUT2D eigenvalue weighted by atomic mass is 16.5. The van der Waals surface area contributed by atoms with Gasteiger partial charge in [0.25, 0.3) is 0 Å². The van der Waals surface area contributed by atoms with Crippen LogP contribution in [-0.2, 0) is 33.2 Å². The van der Waals surface area contributed by atoms with Crippen molar-refractivity contribution in [3.63, 3.8) is 0 Å². The summed E-state index contributed by atoms with van der Waals surface area (Å²) in [5, 5.41) is 5.41. The number of hydrogen-bond donors (Lipinski definition) is 4. The van der Waals surface area contributed by atoms with E-state index in [1.807, 2.05) is 98.5 Å². The molecule has 62 heavy (non-hydrogen) atoms. The molecular weight excluding hydrogens is 793 g/mol. The van der Waals surface area contributed by atoms with Crippen molar-refractivity contribution in [1.82, 2.24) is 59.5 Å². The molecule has 2 saturated heterocycles.